The van der Waals surface area contributed by atoms with Crippen molar-refractivity contribution in [2.75, 3.05) is 11.9 Å². The molecule has 0 radical (unpaired) electrons. The van der Waals surface area contributed by atoms with Crippen LogP contribution in [0.1, 0.15) is 48.5 Å². The SMILES string of the molecule is CN(C(=O)c1ccc(C#N)cc1)c1cc(C(=O)Cc2c(Cl)cc(C(F)(C(F)(F)F)C(F)(F)F)cc2C(F)(F)F)ccc1C#N. The molecule has 0 spiro atoms. The van der Waals surface area contributed by atoms with Crippen LogP contribution >= 0.6 is 11.6 Å². The lowest BCUT2D eigenvalue weighted by Crippen LogP contribution is -2.50. The minimum atomic E-state index is -6.73. The Bertz CT molecular complexity index is 1690. The zero-order valence-corrected chi connectivity index (χ0v) is 22.5. The van der Waals surface area contributed by atoms with Crippen molar-refractivity contribution >= 4 is 29.0 Å². The van der Waals surface area contributed by atoms with Crippen molar-refractivity contribution in [1.29, 1.82) is 10.5 Å². The van der Waals surface area contributed by atoms with Crippen molar-refractivity contribution < 1.29 is 53.5 Å². The molecule has 5 nitrogen and oxygen atoms in total. The van der Waals surface area contributed by atoms with E-state index >= 15 is 0 Å². The number of rotatable bonds is 6. The molecular weight excluding hydrogens is 636 g/mol. The second kappa shape index (κ2) is 11.8. The molecule has 230 valence electrons. The topological polar surface area (TPSA) is 85.0 Å². The average Bonchev–Trinajstić information content (AvgIpc) is 2.94. The van der Waals surface area contributed by atoms with Gasteiger partial charge in [-0.05, 0) is 60.2 Å². The Labute approximate surface area is 246 Å². The Morgan fingerprint density at radius 2 is 1.34 bits per heavy atom. The quantitative estimate of drug-likeness (QED) is 0.200. The first-order valence-corrected chi connectivity index (χ1v) is 12.1. The number of carbonyl (C=O) groups is 2. The molecule has 16 heteroatoms. The van der Waals surface area contributed by atoms with Crippen LogP contribution in [0.3, 0.4) is 0 Å². The number of hydrogen-bond acceptors (Lipinski definition) is 4. The number of halogens is 11. The van der Waals surface area contributed by atoms with Gasteiger partial charge in [0.25, 0.3) is 5.91 Å². The first-order chi connectivity index (χ1) is 20.2. The van der Waals surface area contributed by atoms with Gasteiger partial charge in [0.2, 0.25) is 0 Å². The third-order valence-electron chi connectivity index (χ3n) is 6.38. The van der Waals surface area contributed by atoms with Crippen LogP contribution in [-0.4, -0.2) is 31.1 Å². The Balaban J connectivity index is 2.08. The molecule has 0 atom stereocenters. The number of amides is 1. The molecule has 0 aliphatic rings. The van der Waals surface area contributed by atoms with E-state index < -0.39 is 75.7 Å². The molecule has 1 amide bonds. The molecular formula is C28H14ClF10N3O2. The molecule has 0 heterocycles. The molecule has 0 aliphatic heterocycles. The summed E-state index contributed by atoms with van der Waals surface area (Å²) in [5.41, 5.74) is -12.7. The largest absolute Gasteiger partial charge is 0.435 e. The fraction of sp³-hybridized carbons (Fsp3) is 0.214. The number of nitrogens with zero attached hydrogens (tertiary/aromatic N) is 3. The second-order valence-corrected chi connectivity index (χ2v) is 9.54. The van der Waals surface area contributed by atoms with Crippen LogP contribution in [0.5, 0.6) is 0 Å². The molecule has 3 rings (SSSR count). The van der Waals surface area contributed by atoms with Crippen LogP contribution < -0.4 is 4.90 Å². The van der Waals surface area contributed by atoms with Crippen molar-refractivity contribution in [3.63, 3.8) is 0 Å². The molecule has 0 N–H and O–H groups in total. The van der Waals surface area contributed by atoms with Crippen LogP contribution in [0.15, 0.2) is 54.6 Å². The van der Waals surface area contributed by atoms with Gasteiger partial charge in [-0.25, -0.2) is 4.39 Å². The van der Waals surface area contributed by atoms with Crippen LogP contribution in [0.2, 0.25) is 5.02 Å². The molecule has 0 bridgehead atoms. The fourth-order valence-electron chi connectivity index (χ4n) is 4.09. The van der Waals surface area contributed by atoms with E-state index in [2.05, 4.69) is 0 Å². The van der Waals surface area contributed by atoms with Gasteiger partial charge < -0.3 is 4.90 Å². The van der Waals surface area contributed by atoms with E-state index in [4.69, 9.17) is 16.9 Å². The van der Waals surface area contributed by atoms with Gasteiger partial charge in [0.1, 0.15) is 6.07 Å². The van der Waals surface area contributed by atoms with Crippen molar-refractivity contribution in [2.24, 2.45) is 0 Å². The molecule has 0 saturated heterocycles. The molecule has 0 aliphatic carbocycles. The van der Waals surface area contributed by atoms with Crippen LogP contribution in [0.4, 0.5) is 49.6 Å². The van der Waals surface area contributed by atoms with Crippen molar-refractivity contribution in [2.45, 2.75) is 30.6 Å². The number of Topliss-reactive ketones (excluding diaryl/α,β-unsaturated/α-hetero) is 1. The number of ketones is 1. The first-order valence-electron chi connectivity index (χ1n) is 11.7. The van der Waals surface area contributed by atoms with Gasteiger partial charge in [-0.15, -0.1) is 0 Å². The molecule has 44 heavy (non-hydrogen) atoms. The molecule has 0 aromatic heterocycles. The number of anilines is 1. The van der Waals surface area contributed by atoms with Gasteiger partial charge in [-0.2, -0.15) is 50.0 Å². The standard InChI is InChI=1S/C28H14ClF10N3O2/c1-42(24(44)15-4-2-14(12-40)3-5-15)22-8-16(6-7-17(22)13-41)23(43)11-19-20(26(31,32)33)9-18(10-21(19)29)25(30,27(34,35)36)28(37,38)39/h2-10H,11H2,1H3. The zero-order valence-electron chi connectivity index (χ0n) is 21.7. The average molecular weight is 650 g/mol. The minimum Gasteiger partial charge on any atom is -0.310 e. The summed E-state index contributed by atoms with van der Waals surface area (Å²) in [6.45, 7) is 0. The van der Waals surface area contributed by atoms with Gasteiger partial charge in [0.15, 0.2) is 5.78 Å². The summed E-state index contributed by atoms with van der Waals surface area (Å²) < 4.78 is 135. The Kier molecular flexibility index (Phi) is 9.09. The Morgan fingerprint density at radius 3 is 1.82 bits per heavy atom. The van der Waals surface area contributed by atoms with Crippen LogP contribution in [-0.2, 0) is 18.3 Å². The smallest absolute Gasteiger partial charge is 0.310 e. The van der Waals surface area contributed by atoms with Crippen molar-refractivity contribution in [3.8, 4) is 12.1 Å². The molecule has 0 saturated carbocycles. The van der Waals surface area contributed by atoms with Gasteiger partial charge in [0.05, 0.1) is 28.4 Å². The highest BCUT2D eigenvalue weighted by atomic mass is 35.5. The first kappa shape index (κ1) is 33.9. The highest BCUT2D eigenvalue weighted by molar-refractivity contribution is 6.31. The summed E-state index contributed by atoms with van der Waals surface area (Å²) in [6.07, 6.45) is -20.5. The third kappa shape index (κ3) is 6.33. The molecule has 0 fully saturated rings. The Morgan fingerprint density at radius 1 is 0.795 bits per heavy atom. The summed E-state index contributed by atoms with van der Waals surface area (Å²) in [4.78, 5) is 26.9. The third-order valence-corrected chi connectivity index (χ3v) is 6.72. The van der Waals surface area contributed by atoms with Gasteiger partial charge in [-0.3, -0.25) is 9.59 Å². The van der Waals surface area contributed by atoms with E-state index in [9.17, 15) is 58.8 Å². The van der Waals surface area contributed by atoms with Gasteiger partial charge in [0, 0.05) is 35.2 Å². The highest BCUT2D eigenvalue weighted by Crippen LogP contribution is 2.54. The number of alkyl halides is 10. The van der Waals surface area contributed by atoms with E-state index in [0.717, 1.165) is 23.1 Å². The maximum Gasteiger partial charge on any atom is 0.435 e. The number of benzene rings is 3. The summed E-state index contributed by atoms with van der Waals surface area (Å²) in [5.74, 6) is -1.93. The Hall–Kier alpha value is -4.63. The maximum absolute atomic E-state index is 14.5. The van der Waals surface area contributed by atoms with Gasteiger partial charge in [-0.1, -0.05) is 11.6 Å². The molecule has 3 aromatic carbocycles. The number of hydrogen-bond donors (Lipinski definition) is 0. The monoisotopic (exact) mass is 649 g/mol. The van der Waals surface area contributed by atoms with Crippen molar-refractivity contribution in [3.05, 3.63) is 98.6 Å². The maximum atomic E-state index is 14.5. The van der Waals surface area contributed by atoms with E-state index in [1.54, 1.807) is 6.07 Å². The predicted octanol–water partition coefficient (Wildman–Crippen LogP) is 8.09. The zero-order chi connectivity index (χ0) is 33.4. The summed E-state index contributed by atoms with van der Waals surface area (Å²) in [7, 11) is 1.20. The minimum absolute atomic E-state index is 0.0514. The lowest BCUT2D eigenvalue weighted by atomic mass is 9.89. The molecule has 3 aromatic rings. The van der Waals surface area contributed by atoms with Crippen LogP contribution in [0, 0.1) is 22.7 Å². The second-order valence-electron chi connectivity index (χ2n) is 9.13. The van der Waals surface area contributed by atoms with E-state index in [1.165, 1.54) is 31.3 Å². The van der Waals surface area contributed by atoms with Crippen molar-refractivity contribution in [1.82, 2.24) is 0 Å². The van der Waals surface area contributed by atoms with E-state index in [1.807, 2.05) is 6.07 Å². The predicted molar refractivity (Wildman–Crippen MR) is 134 cm³/mol. The van der Waals surface area contributed by atoms with E-state index in [-0.39, 0.29) is 28.4 Å². The number of carbonyl (C=O) groups excluding carboxylic acids is 2. The summed E-state index contributed by atoms with van der Waals surface area (Å²) >= 11 is 5.67. The summed E-state index contributed by atoms with van der Waals surface area (Å²) in [6, 6.07) is 10.9. The highest BCUT2D eigenvalue weighted by Gasteiger charge is 2.73. The number of nitriles is 2. The fourth-order valence-corrected chi connectivity index (χ4v) is 4.37. The molecule has 0 unspecified atom stereocenters. The normalized spacial score (nSPS) is 12.3. The lowest BCUT2D eigenvalue weighted by molar-refractivity contribution is -0.348. The lowest BCUT2D eigenvalue weighted by Gasteiger charge is -2.31. The summed E-state index contributed by atoms with van der Waals surface area (Å²) in [5, 5.41) is 17.0. The van der Waals surface area contributed by atoms with E-state index in [0.29, 0.717) is 0 Å². The van der Waals surface area contributed by atoms with Gasteiger partial charge >= 0.3 is 24.2 Å². The van der Waals surface area contributed by atoms with Crippen LogP contribution in [0.25, 0.3) is 0 Å².